The van der Waals surface area contributed by atoms with E-state index < -0.39 is 0 Å². The van der Waals surface area contributed by atoms with E-state index in [-0.39, 0.29) is 5.92 Å². The van der Waals surface area contributed by atoms with Crippen LogP contribution in [0.15, 0.2) is 6.07 Å². The molecule has 18 heavy (non-hydrogen) atoms. The van der Waals surface area contributed by atoms with Crippen molar-refractivity contribution in [3.05, 3.63) is 17.5 Å². The van der Waals surface area contributed by atoms with Gasteiger partial charge in [0.2, 0.25) is 0 Å². The molecule has 1 saturated carbocycles. The second kappa shape index (κ2) is 5.68. The van der Waals surface area contributed by atoms with Gasteiger partial charge in [0, 0.05) is 24.6 Å². The largest absolute Gasteiger partial charge is 0.299 e. The van der Waals surface area contributed by atoms with E-state index in [4.69, 9.17) is 0 Å². The lowest BCUT2D eigenvalue weighted by Gasteiger charge is -2.27. The van der Waals surface area contributed by atoms with Crippen molar-refractivity contribution in [2.75, 3.05) is 0 Å². The lowest BCUT2D eigenvalue weighted by molar-refractivity contribution is -0.125. The number of carbonyl (C=O) groups is 1. The number of hydrogen-bond acceptors (Lipinski definition) is 2. The van der Waals surface area contributed by atoms with Crippen molar-refractivity contribution >= 4 is 5.78 Å². The highest BCUT2D eigenvalue weighted by Gasteiger charge is 2.28. The van der Waals surface area contributed by atoms with Crippen molar-refractivity contribution in [2.24, 2.45) is 11.8 Å². The molecule has 100 valence electrons. The van der Waals surface area contributed by atoms with Crippen molar-refractivity contribution in [1.82, 2.24) is 9.78 Å². The van der Waals surface area contributed by atoms with Gasteiger partial charge in [-0.2, -0.15) is 5.10 Å². The van der Waals surface area contributed by atoms with Crippen LogP contribution in [0.5, 0.6) is 0 Å². The lowest BCUT2D eigenvalue weighted by atomic mass is 9.77. The number of aryl methyl sites for hydroxylation is 2. The standard InChI is InChI=1S/C15H24N2O/c1-4-12-6-7-15(18)13(9-12)10-14-8-11(3)16-17(14)5-2/h8,12-13H,4-7,9-10H2,1-3H3. The second-order valence-electron chi connectivity index (χ2n) is 5.51. The molecular weight excluding hydrogens is 224 g/mol. The fourth-order valence-electron chi connectivity index (χ4n) is 3.06. The van der Waals surface area contributed by atoms with Gasteiger partial charge in [-0.1, -0.05) is 13.3 Å². The zero-order valence-electron chi connectivity index (χ0n) is 11.8. The average molecular weight is 248 g/mol. The Morgan fingerprint density at radius 3 is 2.89 bits per heavy atom. The van der Waals surface area contributed by atoms with Crippen LogP contribution >= 0.6 is 0 Å². The van der Waals surface area contributed by atoms with Crippen LogP contribution in [0, 0.1) is 18.8 Å². The quantitative estimate of drug-likeness (QED) is 0.820. The van der Waals surface area contributed by atoms with E-state index in [0.717, 1.165) is 43.8 Å². The van der Waals surface area contributed by atoms with Crippen LogP contribution in [0.1, 0.15) is 50.9 Å². The number of hydrogen-bond donors (Lipinski definition) is 0. The molecule has 1 aromatic heterocycles. The zero-order valence-corrected chi connectivity index (χ0v) is 11.8. The van der Waals surface area contributed by atoms with Crippen molar-refractivity contribution in [2.45, 2.75) is 59.4 Å². The third-order valence-corrected chi connectivity index (χ3v) is 4.19. The highest BCUT2D eigenvalue weighted by atomic mass is 16.1. The first-order chi connectivity index (χ1) is 8.63. The van der Waals surface area contributed by atoms with Crippen molar-refractivity contribution in [3.8, 4) is 0 Å². The number of ketones is 1. The maximum Gasteiger partial charge on any atom is 0.136 e. The molecule has 1 aliphatic carbocycles. The smallest absolute Gasteiger partial charge is 0.136 e. The van der Waals surface area contributed by atoms with Gasteiger partial charge in [0.05, 0.1) is 5.69 Å². The molecule has 0 saturated heterocycles. The highest BCUT2D eigenvalue weighted by Crippen LogP contribution is 2.30. The van der Waals surface area contributed by atoms with E-state index in [0.29, 0.717) is 5.78 Å². The first-order valence-electron chi connectivity index (χ1n) is 7.20. The Kier molecular flexibility index (Phi) is 4.20. The predicted molar refractivity (Wildman–Crippen MR) is 72.5 cm³/mol. The molecule has 3 heteroatoms. The molecule has 0 bridgehead atoms. The number of nitrogens with zero attached hydrogens (tertiary/aromatic N) is 2. The van der Waals surface area contributed by atoms with Crippen LogP contribution < -0.4 is 0 Å². The number of aromatic nitrogens is 2. The molecule has 3 nitrogen and oxygen atoms in total. The summed E-state index contributed by atoms with van der Waals surface area (Å²) < 4.78 is 2.04. The SMILES string of the molecule is CCC1CCC(=O)C(Cc2cc(C)nn2CC)C1. The van der Waals surface area contributed by atoms with Gasteiger partial charge in [-0.15, -0.1) is 0 Å². The molecule has 2 unspecified atom stereocenters. The van der Waals surface area contributed by atoms with Crippen LogP contribution in [-0.2, 0) is 17.8 Å². The van der Waals surface area contributed by atoms with Gasteiger partial charge in [0.15, 0.2) is 0 Å². The van der Waals surface area contributed by atoms with E-state index in [1.54, 1.807) is 0 Å². The zero-order chi connectivity index (χ0) is 13.1. The first kappa shape index (κ1) is 13.3. The Labute approximate surface area is 110 Å². The van der Waals surface area contributed by atoms with Crippen LogP contribution in [-0.4, -0.2) is 15.6 Å². The fraction of sp³-hybridized carbons (Fsp3) is 0.733. The molecule has 0 aliphatic heterocycles. The molecule has 1 fully saturated rings. The van der Waals surface area contributed by atoms with Crippen LogP contribution in [0.25, 0.3) is 0 Å². The summed E-state index contributed by atoms with van der Waals surface area (Å²) in [5.74, 6) is 1.43. The summed E-state index contributed by atoms with van der Waals surface area (Å²) >= 11 is 0. The molecule has 0 N–H and O–H groups in total. The lowest BCUT2D eigenvalue weighted by Crippen LogP contribution is -2.27. The van der Waals surface area contributed by atoms with Crippen molar-refractivity contribution < 1.29 is 4.79 Å². The summed E-state index contributed by atoms with van der Waals surface area (Å²) in [6.07, 6.45) is 5.03. The van der Waals surface area contributed by atoms with E-state index in [9.17, 15) is 4.79 Å². The van der Waals surface area contributed by atoms with Gasteiger partial charge >= 0.3 is 0 Å². The van der Waals surface area contributed by atoms with Crippen LogP contribution in [0.4, 0.5) is 0 Å². The molecule has 1 aliphatic rings. The van der Waals surface area contributed by atoms with Crippen LogP contribution in [0.2, 0.25) is 0 Å². The summed E-state index contributed by atoms with van der Waals surface area (Å²) in [6.45, 7) is 7.25. The number of rotatable bonds is 4. The Hall–Kier alpha value is -1.12. The van der Waals surface area contributed by atoms with Gasteiger partial charge in [-0.25, -0.2) is 0 Å². The molecule has 1 heterocycles. The van der Waals surface area contributed by atoms with Gasteiger partial charge in [0.25, 0.3) is 0 Å². The highest BCUT2D eigenvalue weighted by molar-refractivity contribution is 5.82. The van der Waals surface area contributed by atoms with E-state index in [2.05, 4.69) is 25.0 Å². The minimum absolute atomic E-state index is 0.227. The second-order valence-corrected chi connectivity index (χ2v) is 5.51. The Balaban J connectivity index is 2.09. The van der Waals surface area contributed by atoms with E-state index in [1.807, 2.05) is 11.6 Å². The molecule has 0 radical (unpaired) electrons. The molecular formula is C15H24N2O. The predicted octanol–water partition coefficient (Wildman–Crippen LogP) is 3.15. The molecule has 1 aromatic rings. The molecule has 2 rings (SSSR count). The first-order valence-corrected chi connectivity index (χ1v) is 7.20. The third kappa shape index (κ3) is 2.82. The Morgan fingerprint density at radius 1 is 1.44 bits per heavy atom. The minimum Gasteiger partial charge on any atom is -0.299 e. The summed E-state index contributed by atoms with van der Waals surface area (Å²) in [5.41, 5.74) is 2.28. The van der Waals surface area contributed by atoms with Gasteiger partial charge in [-0.05, 0) is 45.1 Å². The summed E-state index contributed by atoms with van der Waals surface area (Å²) in [5, 5.41) is 4.46. The maximum atomic E-state index is 12.0. The minimum atomic E-state index is 0.227. The number of carbonyl (C=O) groups excluding carboxylic acids is 1. The molecule has 0 amide bonds. The monoisotopic (exact) mass is 248 g/mol. The molecule has 2 atom stereocenters. The Bertz CT molecular complexity index is 422. The Morgan fingerprint density at radius 2 is 2.22 bits per heavy atom. The normalized spacial score (nSPS) is 24.5. The summed E-state index contributed by atoms with van der Waals surface area (Å²) in [4.78, 5) is 12.0. The van der Waals surface area contributed by atoms with Crippen molar-refractivity contribution in [1.29, 1.82) is 0 Å². The van der Waals surface area contributed by atoms with Gasteiger partial charge in [-0.3, -0.25) is 9.48 Å². The summed E-state index contributed by atoms with van der Waals surface area (Å²) in [6, 6.07) is 2.13. The topological polar surface area (TPSA) is 34.9 Å². The summed E-state index contributed by atoms with van der Waals surface area (Å²) in [7, 11) is 0. The van der Waals surface area contributed by atoms with Crippen LogP contribution in [0.3, 0.4) is 0 Å². The average Bonchev–Trinajstić information content (AvgIpc) is 2.72. The van der Waals surface area contributed by atoms with E-state index >= 15 is 0 Å². The van der Waals surface area contributed by atoms with Gasteiger partial charge < -0.3 is 0 Å². The fourth-order valence-corrected chi connectivity index (χ4v) is 3.06. The maximum absolute atomic E-state index is 12.0. The van der Waals surface area contributed by atoms with Crippen molar-refractivity contribution in [3.63, 3.8) is 0 Å². The molecule has 0 aromatic carbocycles. The van der Waals surface area contributed by atoms with Gasteiger partial charge in [0.1, 0.15) is 5.78 Å². The van der Waals surface area contributed by atoms with E-state index in [1.165, 1.54) is 12.1 Å². The third-order valence-electron chi connectivity index (χ3n) is 4.19. The number of Topliss-reactive ketones (excluding diaryl/α,β-unsaturated/α-hetero) is 1. The molecule has 0 spiro atoms.